The molecule has 2 rings (SSSR count). The highest BCUT2D eigenvalue weighted by Crippen LogP contribution is 2.19. The van der Waals surface area contributed by atoms with Crippen LogP contribution in [0.2, 0.25) is 0 Å². The molecule has 0 radical (unpaired) electrons. The topological polar surface area (TPSA) is 79.2 Å². The van der Waals surface area contributed by atoms with Gasteiger partial charge in [0.05, 0.1) is 18.1 Å². The van der Waals surface area contributed by atoms with Gasteiger partial charge in [0.15, 0.2) is 6.61 Å². The molecule has 0 saturated heterocycles. The van der Waals surface area contributed by atoms with E-state index in [4.69, 9.17) is 10.00 Å². The molecule has 0 unspecified atom stereocenters. The van der Waals surface area contributed by atoms with Gasteiger partial charge in [0.1, 0.15) is 5.82 Å². The minimum atomic E-state index is -0.735. The van der Waals surface area contributed by atoms with Crippen LogP contribution in [0.1, 0.15) is 15.9 Å². The molecular weight excluding hydrogens is 379 g/mol. The Morgan fingerprint density at radius 1 is 1.21 bits per heavy atom. The standard InChI is InChI=1S/C17H12BrFN2O3/c18-15-9-12(19)3-6-14(15)17(23)24-10-16(22)21-13-4-1-11(2-5-13)7-8-20/h1-6,9H,7,10H2,(H,21,22). The zero-order chi connectivity index (χ0) is 17.5. The van der Waals surface area contributed by atoms with Crippen LogP contribution in [-0.2, 0) is 16.0 Å². The van der Waals surface area contributed by atoms with Crippen molar-refractivity contribution in [2.75, 3.05) is 11.9 Å². The largest absolute Gasteiger partial charge is 0.452 e. The van der Waals surface area contributed by atoms with Crippen molar-refractivity contribution in [1.82, 2.24) is 0 Å². The fourth-order valence-electron chi connectivity index (χ4n) is 1.86. The maximum Gasteiger partial charge on any atom is 0.339 e. The predicted octanol–water partition coefficient (Wildman–Crippen LogP) is 3.45. The zero-order valence-electron chi connectivity index (χ0n) is 12.4. The number of ether oxygens (including phenoxy) is 1. The molecule has 0 fully saturated rings. The Morgan fingerprint density at radius 3 is 2.54 bits per heavy atom. The molecule has 1 amide bonds. The lowest BCUT2D eigenvalue weighted by Crippen LogP contribution is -2.21. The van der Waals surface area contributed by atoms with Crippen LogP contribution in [0.25, 0.3) is 0 Å². The van der Waals surface area contributed by atoms with Crippen molar-refractivity contribution in [2.45, 2.75) is 6.42 Å². The summed E-state index contributed by atoms with van der Waals surface area (Å²) in [6, 6.07) is 12.3. The van der Waals surface area contributed by atoms with E-state index >= 15 is 0 Å². The van der Waals surface area contributed by atoms with Crippen molar-refractivity contribution >= 4 is 33.5 Å². The van der Waals surface area contributed by atoms with Crippen molar-refractivity contribution < 1.29 is 18.7 Å². The SMILES string of the molecule is N#CCc1ccc(NC(=O)COC(=O)c2ccc(F)cc2Br)cc1. The Hall–Kier alpha value is -2.72. The van der Waals surface area contributed by atoms with Gasteiger partial charge in [-0.2, -0.15) is 5.26 Å². The summed E-state index contributed by atoms with van der Waals surface area (Å²) < 4.78 is 18.1. The molecule has 122 valence electrons. The van der Waals surface area contributed by atoms with Crippen LogP contribution in [0.4, 0.5) is 10.1 Å². The van der Waals surface area contributed by atoms with Gasteiger partial charge in [-0.05, 0) is 51.8 Å². The lowest BCUT2D eigenvalue weighted by atomic mass is 10.1. The van der Waals surface area contributed by atoms with Crippen LogP contribution < -0.4 is 5.32 Å². The van der Waals surface area contributed by atoms with Crippen LogP contribution in [-0.4, -0.2) is 18.5 Å². The average molecular weight is 391 g/mol. The fraction of sp³-hybridized carbons (Fsp3) is 0.118. The highest BCUT2D eigenvalue weighted by molar-refractivity contribution is 9.10. The summed E-state index contributed by atoms with van der Waals surface area (Å²) in [5.74, 6) is -1.73. The van der Waals surface area contributed by atoms with E-state index in [0.29, 0.717) is 12.1 Å². The summed E-state index contributed by atoms with van der Waals surface area (Å²) in [4.78, 5) is 23.7. The summed E-state index contributed by atoms with van der Waals surface area (Å²) in [5, 5.41) is 11.2. The minimum Gasteiger partial charge on any atom is -0.452 e. The summed E-state index contributed by atoms with van der Waals surface area (Å²) in [6.07, 6.45) is 0.290. The number of esters is 1. The van der Waals surface area contributed by atoms with E-state index in [-0.39, 0.29) is 10.0 Å². The van der Waals surface area contributed by atoms with Gasteiger partial charge in [-0.3, -0.25) is 4.79 Å². The van der Waals surface area contributed by atoms with E-state index in [1.165, 1.54) is 6.07 Å². The third kappa shape index (κ3) is 4.89. The Balaban J connectivity index is 1.88. The molecule has 5 nitrogen and oxygen atoms in total. The van der Waals surface area contributed by atoms with Crippen LogP contribution in [0.3, 0.4) is 0 Å². The molecule has 24 heavy (non-hydrogen) atoms. The first-order chi connectivity index (χ1) is 11.5. The van der Waals surface area contributed by atoms with E-state index < -0.39 is 24.3 Å². The van der Waals surface area contributed by atoms with Gasteiger partial charge in [-0.25, -0.2) is 9.18 Å². The maximum absolute atomic E-state index is 13.0. The molecule has 7 heteroatoms. The molecule has 1 N–H and O–H groups in total. The van der Waals surface area contributed by atoms with Gasteiger partial charge in [0, 0.05) is 10.2 Å². The van der Waals surface area contributed by atoms with Crippen molar-refractivity contribution in [1.29, 1.82) is 5.26 Å². The Kier molecular flexibility index (Phi) is 6.04. The number of benzene rings is 2. The minimum absolute atomic E-state index is 0.130. The molecule has 0 aliphatic carbocycles. The molecule has 0 saturated carbocycles. The third-order valence-electron chi connectivity index (χ3n) is 3.01. The first-order valence-electron chi connectivity index (χ1n) is 6.87. The first-order valence-corrected chi connectivity index (χ1v) is 7.67. The van der Waals surface area contributed by atoms with Crippen molar-refractivity contribution in [3.63, 3.8) is 0 Å². The number of nitrogens with zero attached hydrogens (tertiary/aromatic N) is 1. The van der Waals surface area contributed by atoms with Crippen LogP contribution in [0.5, 0.6) is 0 Å². The fourth-order valence-corrected chi connectivity index (χ4v) is 2.37. The van der Waals surface area contributed by atoms with E-state index in [9.17, 15) is 14.0 Å². The van der Waals surface area contributed by atoms with Crippen molar-refractivity contribution in [3.05, 3.63) is 63.9 Å². The van der Waals surface area contributed by atoms with Gasteiger partial charge >= 0.3 is 5.97 Å². The Bertz CT molecular complexity index is 800. The lowest BCUT2D eigenvalue weighted by Gasteiger charge is -2.08. The van der Waals surface area contributed by atoms with Crippen molar-refractivity contribution in [2.24, 2.45) is 0 Å². The molecule has 0 bridgehead atoms. The first kappa shape index (κ1) is 17.6. The van der Waals surface area contributed by atoms with Crippen LogP contribution in [0, 0.1) is 17.1 Å². The number of hydrogen-bond acceptors (Lipinski definition) is 4. The van der Waals surface area contributed by atoms with Crippen LogP contribution >= 0.6 is 15.9 Å². The molecule has 0 atom stereocenters. The second-order valence-electron chi connectivity index (χ2n) is 4.78. The average Bonchev–Trinajstić information content (AvgIpc) is 2.55. The number of carbonyl (C=O) groups is 2. The van der Waals surface area contributed by atoms with Gasteiger partial charge in [0.25, 0.3) is 5.91 Å². The number of nitriles is 1. The molecule has 0 aliphatic heterocycles. The molecule has 0 aliphatic rings. The number of nitrogens with one attached hydrogen (secondary N) is 1. The summed E-state index contributed by atoms with van der Waals surface area (Å²) >= 11 is 3.06. The normalized spacial score (nSPS) is 9.88. The van der Waals surface area contributed by atoms with E-state index in [2.05, 4.69) is 21.2 Å². The third-order valence-corrected chi connectivity index (χ3v) is 3.66. The summed E-state index contributed by atoms with van der Waals surface area (Å²) in [7, 11) is 0. The number of amides is 1. The number of anilines is 1. The van der Waals surface area contributed by atoms with Crippen molar-refractivity contribution in [3.8, 4) is 6.07 Å². The van der Waals surface area contributed by atoms with Gasteiger partial charge in [-0.15, -0.1) is 0 Å². The highest BCUT2D eigenvalue weighted by atomic mass is 79.9. The van der Waals surface area contributed by atoms with Gasteiger partial charge in [-0.1, -0.05) is 12.1 Å². The molecular formula is C17H12BrFN2O3. The van der Waals surface area contributed by atoms with Crippen LogP contribution in [0.15, 0.2) is 46.9 Å². The molecule has 2 aromatic rings. The van der Waals surface area contributed by atoms with E-state index in [1.807, 2.05) is 6.07 Å². The lowest BCUT2D eigenvalue weighted by molar-refractivity contribution is -0.119. The molecule has 2 aromatic carbocycles. The predicted molar refractivity (Wildman–Crippen MR) is 88.8 cm³/mol. The van der Waals surface area contributed by atoms with E-state index in [1.54, 1.807) is 24.3 Å². The second-order valence-corrected chi connectivity index (χ2v) is 5.63. The maximum atomic E-state index is 13.0. The number of halogens is 2. The molecule has 0 heterocycles. The zero-order valence-corrected chi connectivity index (χ0v) is 14.0. The summed E-state index contributed by atoms with van der Waals surface area (Å²) in [5.41, 5.74) is 1.49. The molecule has 0 spiro atoms. The van der Waals surface area contributed by atoms with Gasteiger partial charge in [0.2, 0.25) is 0 Å². The quantitative estimate of drug-likeness (QED) is 0.792. The summed E-state index contributed by atoms with van der Waals surface area (Å²) in [6.45, 7) is -0.470. The number of hydrogen-bond donors (Lipinski definition) is 1. The van der Waals surface area contributed by atoms with E-state index in [0.717, 1.165) is 17.7 Å². The number of carbonyl (C=O) groups excluding carboxylic acids is 2. The Morgan fingerprint density at radius 2 is 1.92 bits per heavy atom. The number of rotatable bonds is 5. The second kappa shape index (κ2) is 8.22. The highest BCUT2D eigenvalue weighted by Gasteiger charge is 2.14. The monoisotopic (exact) mass is 390 g/mol. The Labute approximate surface area is 146 Å². The van der Waals surface area contributed by atoms with Gasteiger partial charge < -0.3 is 10.1 Å². The molecule has 0 aromatic heterocycles. The smallest absolute Gasteiger partial charge is 0.339 e.